The topological polar surface area (TPSA) is 51.5 Å². The van der Waals surface area contributed by atoms with Crippen LogP contribution >= 0.6 is 0 Å². The van der Waals surface area contributed by atoms with E-state index in [0.717, 1.165) is 6.04 Å². The van der Waals surface area contributed by atoms with Crippen LogP contribution in [0.4, 0.5) is 0 Å². The monoisotopic (exact) mass is 201 g/mol. The summed E-state index contributed by atoms with van der Waals surface area (Å²) >= 11 is 0. The van der Waals surface area contributed by atoms with Crippen LogP contribution in [-0.4, -0.2) is 29.5 Å². The highest BCUT2D eigenvalue weighted by Crippen LogP contribution is 1.98. The van der Waals surface area contributed by atoms with Gasteiger partial charge < -0.3 is 13.9 Å². The van der Waals surface area contributed by atoms with Gasteiger partial charge in [-0.2, -0.15) is 5.26 Å². The van der Waals surface area contributed by atoms with Gasteiger partial charge in [-0.3, -0.25) is 0 Å². The van der Waals surface area contributed by atoms with Crippen LogP contribution in [0.25, 0.3) is 0 Å². The molecule has 0 fully saturated rings. The van der Waals surface area contributed by atoms with Crippen LogP contribution in [0.15, 0.2) is 0 Å². The van der Waals surface area contributed by atoms with Gasteiger partial charge >= 0.3 is 0 Å². The van der Waals surface area contributed by atoms with Crippen LogP contribution in [-0.2, 0) is 13.9 Å². The number of ether oxygens (including phenoxy) is 2. The third kappa shape index (κ3) is 7.93. The largest absolute Gasteiger partial charge is 0.372 e. The quantitative estimate of drug-likeness (QED) is 0.337. The van der Waals surface area contributed by atoms with E-state index in [1.54, 1.807) is 0 Å². The molecule has 0 aliphatic rings. The van der Waals surface area contributed by atoms with Crippen LogP contribution in [0.2, 0.25) is 6.04 Å². The first-order valence-electron chi connectivity index (χ1n) is 4.33. The zero-order valence-electron chi connectivity index (χ0n) is 8.08. The van der Waals surface area contributed by atoms with Crippen molar-refractivity contribution in [3.05, 3.63) is 0 Å². The summed E-state index contributed by atoms with van der Waals surface area (Å²) in [5.41, 5.74) is 0. The van der Waals surface area contributed by atoms with Gasteiger partial charge in [0.2, 0.25) is 9.76 Å². The van der Waals surface area contributed by atoms with E-state index in [1.165, 1.54) is 0 Å². The Bertz CT molecular complexity index is 143. The molecule has 0 aromatic carbocycles. The Morgan fingerprint density at radius 1 is 1.31 bits per heavy atom. The predicted octanol–water partition coefficient (Wildman–Crippen LogP) is 1.31. The molecule has 0 heterocycles. The Morgan fingerprint density at radius 3 is 2.38 bits per heavy atom. The van der Waals surface area contributed by atoms with Crippen molar-refractivity contribution in [3.8, 4) is 6.07 Å². The number of hydrogen-bond acceptors (Lipinski definition) is 4. The smallest absolute Gasteiger partial charge is 0.261 e. The second kappa shape index (κ2) is 9.67. The number of nitriles is 1. The second-order valence-corrected chi connectivity index (χ2v) is 3.14. The van der Waals surface area contributed by atoms with E-state index in [-0.39, 0.29) is 9.76 Å². The molecule has 74 valence electrons. The zero-order chi connectivity index (χ0) is 9.94. The first kappa shape index (κ1) is 12.6. The Balaban J connectivity index is 3.39. The van der Waals surface area contributed by atoms with E-state index >= 15 is 0 Å². The van der Waals surface area contributed by atoms with Crippen molar-refractivity contribution >= 4 is 9.76 Å². The highest BCUT2D eigenvalue weighted by atomic mass is 28.2. The van der Waals surface area contributed by atoms with Crippen LogP contribution in [0.1, 0.15) is 20.3 Å². The first-order chi connectivity index (χ1) is 6.35. The molecular formula is C8H15NO3Si. The average Bonchev–Trinajstić information content (AvgIpc) is 2.13. The van der Waals surface area contributed by atoms with Crippen molar-refractivity contribution in [3.63, 3.8) is 0 Å². The second-order valence-electron chi connectivity index (χ2n) is 2.12. The fraction of sp³-hybridized carbons (Fsp3) is 0.875. The van der Waals surface area contributed by atoms with Crippen LogP contribution in [0, 0.1) is 11.3 Å². The van der Waals surface area contributed by atoms with E-state index in [9.17, 15) is 0 Å². The minimum Gasteiger partial charge on any atom is -0.372 e. The molecule has 0 N–H and O–H groups in total. The van der Waals surface area contributed by atoms with Crippen molar-refractivity contribution in [2.75, 3.05) is 13.2 Å². The molecule has 5 heteroatoms. The molecule has 0 aliphatic heterocycles. The van der Waals surface area contributed by atoms with Crippen molar-refractivity contribution in [2.24, 2.45) is 0 Å². The molecule has 0 rings (SSSR count). The Hall–Kier alpha value is -0.413. The Kier molecular flexibility index (Phi) is 9.37. The van der Waals surface area contributed by atoms with Gasteiger partial charge in [-0.05, 0) is 19.9 Å². The Morgan fingerprint density at radius 2 is 1.92 bits per heavy atom. The standard InChI is InChI=1S/C8H15NO3Si/c1-3-10-8(11-4-2)12-13-7-5-6-9/h8H,3-5,7H2,1-2H3. The molecule has 0 atom stereocenters. The van der Waals surface area contributed by atoms with Crippen LogP contribution in [0.3, 0.4) is 0 Å². The summed E-state index contributed by atoms with van der Waals surface area (Å²) in [7, 11) is 0.267. The molecule has 0 aromatic heterocycles. The first-order valence-corrected chi connectivity index (χ1v) is 5.45. The van der Waals surface area contributed by atoms with Crippen molar-refractivity contribution in [1.29, 1.82) is 5.26 Å². The number of nitrogens with zero attached hydrogens (tertiary/aromatic N) is 1. The van der Waals surface area contributed by atoms with Crippen molar-refractivity contribution in [2.45, 2.75) is 32.8 Å². The maximum atomic E-state index is 8.27. The molecular weight excluding hydrogens is 186 g/mol. The third-order valence-corrected chi connectivity index (χ3v) is 1.94. The molecule has 2 radical (unpaired) electrons. The van der Waals surface area contributed by atoms with E-state index in [4.69, 9.17) is 19.2 Å². The summed E-state index contributed by atoms with van der Waals surface area (Å²) in [6.07, 6.45) is 0.517. The lowest BCUT2D eigenvalue weighted by atomic mass is 10.6. The minimum atomic E-state index is -0.563. The predicted molar refractivity (Wildman–Crippen MR) is 48.9 cm³/mol. The van der Waals surface area contributed by atoms with Crippen LogP contribution < -0.4 is 0 Å². The van der Waals surface area contributed by atoms with Crippen LogP contribution in [0.5, 0.6) is 0 Å². The zero-order valence-corrected chi connectivity index (χ0v) is 9.08. The van der Waals surface area contributed by atoms with Gasteiger partial charge in [0.1, 0.15) is 0 Å². The summed E-state index contributed by atoms with van der Waals surface area (Å²) < 4.78 is 15.5. The molecule has 0 saturated carbocycles. The van der Waals surface area contributed by atoms with Gasteiger partial charge in [0.25, 0.3) is 6.48 Å². The molecule has 13 heavy (non-hydrogen) atoms. The lowest BCUT2D eigenvalue weighted by Crippen LogP contribution is -2.22. The van der Waals surface area contributed by atoms with Gasteiger partial charge in [-0.1, -0.05) is 0 Å². The molecule has 0 unspecified atom stereocenters. The van der Waals surface area contributed by atoms with Gasteiger partial charge in [-0.15, -0.1) is 0 Å². The Labute approximate surface area is 81.7 Å². The van der Waals surface area contributed by atoms with Gasteiger partial charge in [0.05, 0.1) is 6.07 Å². The normalized spacial score (nSPS) is 10.3. The summed E-state index contributed by atoms with van der Waals surface area (Å²) in [4.78, 5) is 0. The van der Waals surface area contributed by atoms with E-state index in [1.807, 2.05) is 13.8 Å². The lowest BCUT2D eigenvalue weighted by molar-refractivity contribution is -0.243. The molecule has 0 spiro atoms. The fourth-order valence-electron chi connectivity index (χ4n) is 0.622. The van der Waals surface area contributed by atoms with Gasteiger partial charge in [0, 0.05) is 19.6 Å². The minimum absolute atomic E-state index is 0.267. The highest BCUT2D eigenvalue weighted by molar-refractivity contribution is 6.27. The SMILES string of the molecule is CCOC(OCC)O[Si]CCC#N. The summed E-state index contributed by atoms with van der Waals surface area (Å²) in [5, 5.41) is 8.27. The van der Waals surface area contributed by atoms with Crippen molar-refractivity contribution < 1.29 is 13.9 Å². The number of rotatable bonds is 8. The molecule has 0 amide bonds. The summed E-state index contributed by atoms with van der Waals surface area (Å²) in [6.45, 7) is 4.33. The molecule has 0 saturated heterocycles. The summed E-state index contributed by atoms with van der Waals surface area (Å²) in [5.74, 6) is 0. The highest BCUT2D eigenvalue weighted by Gasteiger charge is 2.07. The molecule has 0 aliphatic carbocycles. The van der Waals surface area contributed by atoms with E-state index < -0.39 is 6.48 Å². The van der Waals surface area contributed by atoms with E-state index in [2.05, 4.69) is 6.07 Å². The lowest BCUT2D eigenvalue weighted by Gasteiger charge is -2.16. The molecule has 0 bridgehead atoms. The maximum absolute atomic E-state index is 8.27. The summed E-state index contributed by atoms with van der Waals surface area (Å²) in [6, 6.07) is 2.79. The van der Waals surface area contributed by atoms with Crippen molar-refractivity contribution in [1.82, 2.24) is 0 Å². The van der Waals surface area contributed by atoms with Gasteiger partial charge in [-0.25, -0.2) is 0 Å². The van der Waals surface area contributed by atoms with E-state index in [0.29, 0.717) is 19.6 Å². The molecule has 0 aromatic rings. The fourth-order valence-corrected chi connectivity index (χ4v) is 1.23. The molecule has 4 nitrogen and oxygen atoms in total. The third-order valence-electron chi connectivity index (χ3n) is 1.12. The average molecular weight is 201 g/mol. The maximum Gasteiger partial charge on any atom is 0.261 e. The number of hydrogen-bond donors (Lipinski definition) is 0. The van der Waals surface area contributed by atoms with Gasteiger partial charge in [0.15, 0.2) is 0 Å².